The fourth-order valence-corrected chi connectivity index (χ4v) is 2.86. The Morgan fingerprint density at radius 1 is 1.32 bits per heavy atom. The van der Waals surface area contributed by atoms with E-state index in [0.717, 1.165) is 32.6 Å². The van der Waals surface area contributed by atoms with Crippen molar-refractivity contribution in [1.29, 1.82) is 0 Å². The van der Waals surface area contributed by atoms with Crippen molar-refractivity contribution >= 4 is 5.91 Å². The molecule has 2 aliphatic rings. The monoisotopic (exact) mass is 270 g/mol. The molecule has 2 unspecified atom stereocenters. The molecule has 5 nitrogen and oxygen atoms in total. The number of nitrogens with zero attached hydrogens (tertiary/aromatic N) is 2. The molecule has 2 heterocycles. The first-order chi connectivity index (χ1) is 8.87. The van der Waals surface area contributed by atoms with Crippen LogP contribution in [0.3, 0.4) is 0 Å². The minimum Gasteiger partial charge on any atom is -0.389 e. The predicted octanol–water partition coefficient (Wildman–Crippen LogP) is 0.327. The van der Waals surface area contributed by atoms with E-state index in [-0.39, 0.29) is 12.0 Å². The van der Waals surface area contributed by atoms with Gasteiger partial charge in [-0.2, -0.15) is 0 Å². The Kier molecular flexibility index (Phi) is 4.48. The Bertz CT molecular complexity index is 319. The molecule has 0 aliphatic carbocycles. The molecule has 0 aromatic heterocycles. The van der Waals surface area contributed by atoms with E-state index in [2.05, 4.69) is 11.8 Å². The fraction of sp³-hybridized carbons (Fsp3) is 0.929. The van der Waals surface area contributed by atoms with Crippen LogP contribution in [0.25, 0.3) is 0 Å². The fourth-order valence-electron chi connectivity index (χ4n) is 2.86. The number of hydrogen-bond acceptors (Lipinski definition) is 4. The summed E-state index contributed by atoms with van der Waals surface area (Å²) in [5.74, 6) is 0.481. The maximum atomic E-state index is 12.3. The summed E-state index contributed by atoms with van der Waals surface area (Å²) in [7, 11) is 0. The average Bonchev–Trinajstić information content (AvgIpc) is 2.73. The molecule has 0 aromatic rings. The summed E-state index contributed by atoms with van der Waals surface area (Å²) >= 11 is 0. The van der Waals surface area contributed by atoms with Crippen LogP contribution in [0, 0.1) is 5.92 Å². The van der Waals surface area contributed by atoms with Gasteiger partial charge in [-0.25, -0.2) is 0 Å². The molecule has 2 aliphatic heterocycles. The van der Waals surface area contributed by atoms with Crippen molar-refractivity contribution < 1.29 is 14.6 Å². The predicted molar refractivity (Wildman–Crippen MR) is 72.8 cm³/mol. The second kappa shape index (κ2) is 5.77. The SMILES string of the molecule is CC1CCOC1C(=O)N1CCN(CC(C)(C)O)CC1. The van der Waals surface area contributed by atoms with Gasteiger partial charge in [0.1, 0.15) is 6.10 Å². The maximum absolute atomic E-state index is 12.3. The van der Waals surface area contributed by atoms with E-state index in [9.17, 15) is 9.90 Å². The zero-order chi connectivity index (χ0) is 14.0. The molecule has 0 bridgehead atoms. The number of rotatable bonds is 3. The summed E-state index contributed by atoms with van der Waals surface area (Å²) < 4.78 is 5.54. The molecule has 5 heteroatoms. The van der Waals surface area contributed by atoms with Gasteiger partial charge in [0.05, 0.1) is 5.60 Å². The normalized spacial score (nSPS) is 29.8. The quantitative estimate of drug-likeness (QED) is 0.803. The molecule has 2 saturated heterocycles. The summed E-state index contributed by atoms with van der Waals surface area (Å²) in [6, 6.07) is 0. The highest BCUT2D eigenvalue weighted by Gasteiger charge is 2.35. The number of ether oxygens (including phenoxy) is 1. The highest BCUT2D eigenvalue weighted by Crippen LogP contribution is 2.22. The van der Waals surface area contributed by atoms with Crippen molar-refractivity contribution in [3.63, 3.8) is 0 Å². The lowest BCUT2D eigenvalue weighted by atomic mass is 10.0. The van der Waals surface area contributed by atoms with Crippen LogP contribution in [-0.4, -0.2) is 71.8 Å². The summed E-state index contributed by atoms with van der Waals surface area (Å²) in [6.07, 6.45) is 0.746. The van der Waals surface area contributed by atoms with Crippen LogP contribution >= 0.6 is 0 Å². The summed E-state index contributed by atoms with van der Waals surface area (Å²) in [5.41, 5.74) is -0.671. The Labute approximate surface area is 115 Å². The van der Waals surface area contributed by atoms with Crippen LogP contribution in [0.1, 0.15) is 27.2 Å². The Morgan fingerprint density at radius 3 is 2.42 bits per heavy atom. The van der Waals surface area contributed by atoms with Crippen molar-refractivity contribution in [2.75, 3.05) is 39.3 Å². The molecule has 0 saturated carbocycles. The molecule has 19 heavy (non-hydrogen) atoms. The Morgan fingerprint density at radius 2 is 1.95 bits per heavy atom. The van der Waals surface area contributed by atoms with Crippen molar-refractivity contribution in [3.05, 3.63) is 0 Å². The average molecular weight is 270 g/mol. The largest absolute Gasteiger partial charge is 0.389 e. The molecule has 2 atom stereocenters. The number of piperazine rings is 1. The van der Waals surface area contributed by atoms with Gasteiger partial charge in [-0.05, 0) is 26.2 Å². The highest BCUT2D eigenvalue weighted by atomic mass is 16.5. The third-order valence-electron chi connectivity index (χ3n) is 3.93. The molecule has 1 N–H and O–H groups in total. The Balaban J connectivity index is 1.81. The van der Waals surface area contributed by atoms with Crippen LogP contribution < -0.4 is 0 Å². The lowest BCUT2D eigenvalue weighted by molar-refractivity contribution is -0.144. The molecule has 2 rings (SSSR count). The zero-order valence-electron chi connectivity index (χ0n) is 12.3. The van der Waals surface area contributed by atoms with E-state index in [0.29, 0.717) is 19.1 Å². The summed E-state index contributed by atoms with van der Waals surface area (Å²) in [5, 5.41) is 9.81. The number of amides is 1. The second-order valence-electron chi connectivity index (χ2n) is 6.47. The Hall–Kier alpha value is -0.650. The van der Waals surface area contributed by atoms with Crippen LogP contribution in [0.5, 0.6) is 0 Å². The van der Waals surface area contributed by atoms with E-state index in [1.807, 2.05) is 18.7 Å². The van der Waals surface area contributed by atoms with Crippen molar-refractivity contribution in [2.45, 2.75) is 38.9 Å². The molecule has 0 aromatic carbocycles. The third kappa shape index (κ3) is 3.91. The number of aliphatic hydroxyl groups is 1. The smallest absolute Gasteiger partial charge is 0.252 e. The minimum absolute atomic E-state index is 0.146. The minimum atomic E-state index is -0.671. The molecular weight excluding hydrogens is 244 g/mol. The van der Waals surface area contributed by atoms with Gasteiger partial charge in [-0.15, -0.1) is 0 Å². The summed E-state index contributed by atoms with van der Waals surface area (Å²) in [6.45, 7) is 10.2. The van der Waals surface area contributed by atoms with E-state index in [1.165, 1.54) is 0 Å². The van der Waals surface area contributed by atoms with Crippen LogP contribution in [-0.2, 0) is 9.53 Å². The number of carbonyl (C=O) groups is 1. The van der Waals surface area contributed by atoms with Crippen molar-refractivity contribution in [1.82, 2.24) is 9.80 Å². The van der Waals surface area contributed by atoms with E-state index >= 15 is 0 Å². The molecule has 1 amide bonds. The van der Waals surface area contributed by atoms with Crippen molar-refractivity contribution in [3.8, 4) is 0 Å². The lowest BCUT2D eigenvalue weighted by Crippen LogP contribution is -2.54. The van der Waals surface area contributed by atoms with Gasteiger partial charge in [0.15, 0.2) is 0 Å². The third-order valence-corrected chi connectivity index (χ3v) is 3.93. The first kappa shape index (κ1) is 14.8. The first-order valence-electron chi connectivity index (χ1n) is 7.22. The van der Waals surface area contributed by atoms with Gasteiger partial charge in [0.25, 0.3) is 5.91 Å². The number of β-amino-alcohol motifs (C(OH)–C–C–N with tert-alkyl or cyclic N) is 1. The van der Waals surface area contributed by atoms with E-state index < -0.39 is 5.60 Å². The van der Waals surface area contributed by atoms with Gasteiger partial charge >= 0.3 is 0 Å². The van der Waals surface area contributed by atoms with Gasteiger partial charge in [0, 0.05) is 39.3 Å². The van der Waals surface area contributed by atoms with E-state index in [1.54, 1.807) is 0 Å². The first-order valence-corrected chi connectivity index (χ1v) is 7.22. The maximum Gasteiger partial charge on any atom is 0.252 e. The van der Waals surface area contributed by atoms with Gasteiger partial charge in [0.2, 0.25) is 0 Å². The topological polar surface area (TPSA) is 53.0 Å². The van der Waals surface area contributed by atoms with Gasteiger partial charge in [-0.1, -0.05) is 6.92 Å². The van der Waals surface area contributed by atoms with Crippen LogP contribution in [0.4, 0.5) is 0 Å². The van der Waals surface area contributed by atoms with E-state index in [4.69, 9.17) is 4.74 Å². The van der Waals surface area contributed by atoms with Gasteiger partial charge in [-0.3, -0.25) is 9.69 Å². The number of hydrogen-bond donors (Lipinski definition) is 1. The van der Waals surface area contributed by atoms with Crippen molar-refractivity contribution in [2.24, 2.45) is 5.92 Å². The molecule has 2 fully saturated rings. The zero-order valence-corrected chi connectivity index (χ0v) is 12.3. The standard InChI is InChI=1S/C14H26N2O3/c1-11-4-9-19-12(11)13(17)16-7-5-15(6-8-16)10-14(2,3)18/h11-12,18H,4-10H2,1-3H3. The molecule has 0 spiro atoms. The number of carbonyl (C=O) groups excluding carboxylic acids is 1. The highest BCUT2D eigenvalue weighted by molar-refractivity contribution is 5.81. The molecular formula is C14H26N2O3. The lowest BCUT2D eigenvalue weighted by Gasteiger charge is -2.38. The summed E-state index contributed by atoms with van der Waals surface area (Å²) in [4.78, 5) is 16.5. The molecule has 0 radical (unpaired) electrons. The second-order valence-corrected chi connectivity index (χ2v) is 6.47. The molecule has 110 valence electrons. The van der Waals surface area contributed by atoms with Crippen LogP contribution in [0.2, 0.25) is 0 Å². The van der Waals surface area contributed by atoms with Gasteiger partial charge < -0.3 is 14.7 Å². The van der Waals surface area contributed by atoms with Crippen LogP contribution in [0.15, 0.2) is 0 Å².